The van der Waals surface area contributed by atoms with Gasteiger partial charge in [-0.15, -0.1) is 0 Å². The molecule has 3 aromatic rings. The van der Waals surface area contributed by atoms with Crippen molar-refractivity contribution < 1.29 is 22.5 Å². The van der Waals surface area contributed by atoms with Crippen LogP contribution in [0.25, 0.3) is 0 Å². The molecule has 0 radical (unpaired) electrons. The molecule has 11 nitrogen and oxygen atoms in total. The number of nitrogens with zero attached hydrogens (tertiary/aromatic N) is 6. The lowest BCUT2D eigenvalue weighted by molar-refractivity contribution is 0.0581. The SMILES string of the molecule is COc1cc(C)c(S(=O)(=O)Cc2noc(C(=O)N3CCN(Cc4ccnc(N5CCCC5)c4)CC3)n2)c(C)c1. The third kappa shape index (κ3) is 6.06. The highest BCUT2D eigenvalue weighted by Crippen LogP contribution is 2.28. The standard InChI is InChI=1S/C27H34N6O5S/c1-19-14-22(37-3)15-20(2)25(19)39(35,36)18-23-29-26(38-30-23)27(34)33-12-10-31(11-13-33)17-21-6-7-28-24(16-21)32-8-4-5-9-32/h6-7,14-16H,4-5,8-13,17-18H2,1-3H3. The number of aromatic nitrogens is 3. The Labute approximate surface area is 228 Å². The largest absolute Gasteiger partial charge is 0.497 e. The average Bonchev–Trinajstić information content (AvgIpc) is 3.61. The van der Waals surface area contributed by atoms with E-state index in [1.54, 1.807) is 30.9 Å². The first-order chi connectivity index (χ1) is 18.7. The van der Waals surface area contributed by atoms with Crippen molar-refractivity contribution in [3.8, 4) is 5.75 Å². The lowest BCUT2D eigenvalue weighted by Crippen LogP contribution is -2.48. The summed E-state index contributed by atoms with van der Waals surface area (Å²) in [5.74, 6) is 0.535. The molecule has 5 rings (SSSR count). The molecule has 0 spiro atoms. The number of benzene rings is 1. The molecule has 12 heteroatoms. The number of rotatable bonds is 8. The first kappa shape index (κ1) is 27.1. The molecule has 2 saturated heterocycles. The second-order valence-electron chi connectivity index (χ2n) is 10.1. The number of amides is 1. The van der Waals surface area contributed by atoms with Crippen LogP contribution in [0.4, 0.5) is 5.82 Å². The number of pyridine rings is 1. The zero-order valence-electron chi connectivity index (χ0n) is 22.6. The first-order valence-electron chi connectivity index (χ1n) is 13.2. The summed E-state index contributed by atoms with van der Waals surface area (Å²) >= 11 is 0. The van der Waals surface area contributed by atoms with Crippen LogP contribution < -0.4 is 9.64 Å². The van der Waals surface area contributed by atoms with Gasteiger partial charge in [0.1, 0.15) is 17.3 Å². The minimum Gasteiger partial charge on any atom is -0.497 e. The molecule has 2 aliphatic heterocycles. The van der Waals surface area contributed by atoms with Gasteiger partial charge in [-0.3, -0.25) is 9.69 Å². The summed E-state index contributed by atoms with van der Waals surface area (Å²) in [6, 6.07) is 7.55. The van der Waals surface area contributed by atoms with E-state index < -0.39 is 15.6 Å². The molecular weight excluding hydrogens is 520 g/mol. The fourth-order valence-electron chi connectivity index (χ4n) is 5.34. The predicted octanol–water partition coefficient (Wildman–Crippen LogP) is 2.62. The highest BCUT2D eigenvalue weighted by molar-refractivity contribution is 7.90. The number of carbonyl (C=O) groups is 1. The van der Waals surface area contributed by atoms with Crippen LogP contribution in [0, 0.1) is 13.8 Å². The van der Waals surface area contributed by atoms with Crippen LogP contribution in [-0.2, 0) is 22.1 Å². The van der Waals surface area contributed by atoms with Gasteiger partial charge in [-0.25, -0.2) is 13.4 Å². The Morgan fingerprint density at radius 2 is 1.72 bits per heavy atom. The molecule has 39 heavy (non-hydrogen) atoms. The molecule has 1 aromatic carbocycles. The van der Waals surface area contributed by atoms with E-state index in [1.807, 2.05) is 12.3 Å². The lowest BCUT2D eigenvalue weighted by Gasteiger charge is -2.34. The zero-order valence-corrected chi connectivity index (χ0v) is 23.4. The van der Waals surface area contributed by atoms with Crippen molar-refractivity contribution >= 4 is 21.6 Å². The Balaban J connectivity index is 1.18. The number of methoxy groups -OCH3 is 1. The van der Waals surface area contributed by atoms with E-state index in [0.29, 0.717) is 43.1 Å². The van der Waals surface area contributed by atoms with E-state index in [0.717, 1.165) is 25.5 Å². The van der Waals surface area contributed by atoms with Crippen LogP contribution >= 0.6 is 0 Å². The lowest BCUT2D eigenvalue weighted by atomic mass is 10.1. The van der Waals surface area contributed by atoms with Gasteiger partial charge in [0.25, 0.3) is 0 Å². The third-order valence-corrected chi connectivity index (χ3v) is 9.16. The molecule has 0 atom stereocenters. The second-order valence-corrected chi connectivity index (χ2v) is 12.1. The summed E-state index contributed by atoms with van der Waals surface area (Å²) in [5.41, 5.74) is 2.35. The van der Waals surface area contributed by atoms with Crippen LogP contribution in [-0.4, -0.2) is 85.6 Å². The van der Waals surface area contributed by atoms with Crippen molar-refractivity contribution in [3.05, 3.63) is 58.9 Å². The summed E-state index contributed by atoms with van der Waals surface area (Å²) in [6.07, 6.45) is 4.29. The van der Waals surface area contributed by atoms with Crippen molar-refractivity contribution in [1.82, 2.24) is 24.9 Å². The van der Waals surface area contributed by atoms with Crippen molar-refractivity contribution in [2.75, 3.05) is 51.3 Å². The van der Waals surface area contributed by atoms with Gasteiger partial charge in [-0.1, -0.05) is 5.16 Å². The van der Waals surface area contributed by atoms with E-state index in [4.69, 9.17) is 9.26 Å². The van der Waals surface area contributed by atoms with Crippen molar-refractivity contribution in [2.45, 2.75) is 43.9 Å². The van der Waals surface area contributed by atoms with E-state index in [2.05, 4.69) is 31.0 Å². The Morgan fingerprint density at radius 3 is 2.38 bits per heavy atom. The Kier molecular flexibility index (Phi) is 7.85. The maximum absolute atomic E-state index is 13.1. The van der Waals surface area contributed by atoms with E-state index in [9.17, 15) is 13.2 Å². The normalized spacial score (nSPS) is 16.6. The molecule has 2 aromatic heterocycles. The van der Waals surface area contributed by atoms with Gasteiger partial charge in [0.15, 0.2) is 15.7 Å². The number of piperazine rings is 1. The smallest absolute Gasteiger partial charge is 0.316 e. The number of anilines is 1. The molecule has 4 heterocycles. The fourth-order valence-corrected chi connectivity index (χ4v) is 7.04. The molecule has 0 bridgehead atoms. The molecule has 0 unspecified atom stereocenters. The van der Waals surface area contributed by atoms with Crippen molar-refractivity contribution in [2.24, 2.45) is 0 Å². The van der Waals surface area contributed by atoms with Gasteiger partial charge in [-0.2, -0.15) is 4.98 Å². The minimum absolute atomic E-state index is 0.0434. The number of aryl methyl sites for hydroxylation is 2. The summed E-state index contributed by atoms with van der Waals surface area (Å²) in [7, 11) is -2.23. The topological polar surface area (TPSA) is 122 Å². The molecule has 2 fully saturated rings. The van der Waals surface area contributed by atoms with Gasteiger partial charge in [0.05, 0.1) is 12.0 Å². The van der Waals surface area contributed by atoms with E-state index in [-0.39, 0.29) is 22.5 Å². The maximum atomic E-state index is 13.1. The van der Waals surface area contributed by atoms with E-state index in [1.165, 1.54) is 25.5 Å². The van der Waals surface area contributed by atoms with Gasteiger partial charge < -0.3 is 19.1 Å². The van der Waals surface area contributed by atoms with E-state index >= 15 is 0 Å². The Bertz CT molecular complexity index is 1420. The highest BCUT2D eigenvalue weighted by atomic mass is 32.2. The molecular formula is C27H34N6O5S. The Morgan fingerprint density at radius 1 is 1.03 bits per heavy atom. The first-order valence-corrected chi connectivity index (χ1v) is 14.8. The number of carbonyl (C=O) groups excluding carboxylic acids is 1. The number of sulfone groups is 1. The van der Waals surface area contributed by atoms with Gasteiger partial charge >= 0.3 is 11.8 Å². The fraction of sp³-hybridized carbons (Fsp3) is 0.481. The van der Waals surface area contributed by atoms with Crippen LogP contribution in [0.15, 0.2) is 39.9 Å². The zero-order chi connectivity index (χ0) is 27.6. The monoisotopic (exact) mass is 554 g/mol. The number of hydrogen-bond acceptors (Lipinski definition) is 10. The summed E-state index contributed by atoms with van der Waals surface area (Å²) in [4.78, 5) is 28.2. The van der Waals surface area contributed by atoms with Crippen molar-refractivity contribution in [1.29, 1.82) is 0 Å². The molecule has 208 valence electrons. The van der Waals surface area contributed by atoms with Crippen LogP contribution in [0.5, 0.6) is 5.75 Å². The molecule has 0 saturated carbocycles. The average molecular weight is 555 g/mol. The molecule has 1 amide bonds. The second kappa shape index (κ2) is 11.3. The third-order valence-electron chi connectivity index (χ3n) is 7.26. The Hall–Kier alpha value is -3.51. The minimum atomic E-state index is -3.76. The number of ether oxygens (including phenoxy) is 1. The van der Waals surface area contributed by atoms with Crippen LogP contribution in [0.3, 0.4) is 0 Å². The highest BCUT2D eigenvalue weighted by Gasteiger charge is 2.29. The molecule has 2 aliphatic rings. The van der Waals surface area contributed by atoms with Gasteiger partial charge in [0, 0.05) is 52.0 Å². The van der Waals surface area contributed by atoms with Gasteiger partial charge in [0.2, 0.25) is 0 Å². The quantitative estimate of drug-likeness (QED) is 0.411. The molecule has 0 N–H and O–H groups in total. The molecule has 0 aliphatic carbocycles. The summed E-state index contributed by atoms with van der Waals surface area (Å²) in [5, 5.41) is 3.79. The van der Waals surface area contributed by atoms with Crippen molar-refractivity contribution in [3.63, 3.8) is 0 Å². The summed E-state index contributed by atoms with van der Waals surface area (Å²) < 4.78 is 36.7. The van der Waals surface area contributed by atoms with Gasteiger partial charge in [-0.05, 0) is 67.6 Å². The predicted molar refractivity (Wildman–Crippen MR) is 145 cm³/mol. The van der Waals surface area contributed by atoms with Crippen LogP contribution in [0.2, 0.25) is 0 Å². The maximum Gasteiger partial charge on any atom is 0.316 e. The van der Waals surface area contributed by atoms with Crippen LogP contribution in [0.1, 0.15) is 46.0 Å². The number of hydrogen-bond donors (Lipinski definition) is 0. The summed E-state index contributed by atoms with van der Waals surface area (Å²) in [6.45, 7) is 8.78.